The Hall–Kier alpha value is -3.40. The molecule has 4 aromatic carbocycles. The second-order valence-electron chi connectivity index (χ2n) is 8.89. The Labute approximate surface area is 171 Å². The molecule has 0 radical (unpaired) electrons. The van der Waals surface area contributed by atoms with Crippen LogP contribution in [0, 0.1) is 0 Å². The molecule has 148 valence electrons. The third-order valence-corrected chi connectivity index (χ3v) is 6.32. The summed E-state index contributed by atoms with van der Waals surface area (Å²) in [6.45, 7) is 8.33. The van der Waals surface area contributed by atoms with Gasteiger partial charge in [-0.3, -0.25) is 9.59 Å². The van der Waals surface area contributed by atoms with Gasteiger partial charge in [-0.2, -0.15) is 0 Å². The monoisotopic (exact) mass is 396 g/mol. The molecular weight excluding hydrogens is 376 g/mol. The predicted molar refractivity (Wildman–Crippen MR) is 122 cm³/mol. The number of hydrogen-bond donors (Lipinski definition) is 0. The van der Waals surface area contributed by atoms with E-state index in [4.69, 9.17) is 8.83 Å². The Morgan fingerprint density at radius 1 is 0.533 bits per heavy atom. The van der Waals surface area contributed by atoms with E-state index in [1.54, 1.807) is 12.1 Å². The zero-order chi connectivity index (χ0) is 20.9. The van der Waals surface area contributed by atoms with Gasteiger partial charge in [0.15, 0.2) is 10.9 Å². The second kappa shape index (κ2) is 5.60. The molecule has 6 rings (SSSR count). The van der Waals surface area contributed by atoms with E-state index < -0.39 is 0 Å². The van der Waals surface area contributed by atoms with Crippen LogP contribution in [0.25, 0.3) is 54.6 Å². The van der Waals surface area contributed by atoms with Crippen molar-refractivity contribution in [2.75, 3.05) is 0 Å². The topological polar surface area (TPSA) is 60.4 Å². The van der Waals surface area contributed by atoms with Crippen molar-refractivity contribution in [1.82, 2.24) is 0 Å². The molecule has 4 nitrogen and oxygen atoms in total. The largest absolute Gasteiger partial charge is 0.456 e. The molecule has 0 saturated carbocycles. The van der Waals surface area contributed by atoms with Gasteiger partial charge in [-0.25, -0.2) is 0 Å². The second-order valence-corrected chi connectivity index (χ2v) is 8.89. The Bertz CT molecular complexity index is 1600. The Balaban J connectivity index is 1.97. The third kappa shape index (κ3) is 2.11. The maximum absolute atomic E-state index is 13.0. The predicted octanol–water partition coefficient (Wildman–Crippen LogP) is 6.48. The minimum atomic E-state index is -0.0836. The van der Waals surface area contributed by atoms with E-state index in [-0.39, 0.29) is 22.7 Å². The van der Waals surface area contributed by atoms with Crippen LogP contribution < -0.4 is 10.9 Å². The van der Waals surface area contributed by atoms with Crippen LogP contribution in [-0.4, -0.2) is 0 Å². The smallest absolute Gasteiger partial charge is 0.190 e. The summed E-state index contributed by atoms with van der Waals surface area (Å²) < 4.78 is 12.5. The molecule has 4 heteroatoms. The molecule has 6 aromatic rings. The lowest BCUT2D eigenvalue weighted by Gasteiger charge is -2.17. The lowest BCUT2D eigenvalue weighted by atomic mass is 9.91. The van der Waals surface area contributed by atoms with Gasteiger partial charge in [0.05, 0.1) is 0 Å². The van der Waals surface area contributed by atoms with E-state index in [1.165, 1.54) is 0 Å². The summed E-state index contributed by atoms with van der Waals surface area (Å²) >= 11 is 0. The van der Waals surface area contributed by atoms with E-state index in [9.17, 15) is 9.59 Å². The van der Waals surface area contributed by atoms with Crippen molar-refractivity contribution in [2.24, 2.45) is 0 Å². The Morgan fingerprint density at radius 2 is 0.900 bits per heavy atom. The molecule has 0 bridgehead atoms. The fourth-order valence-corrected chi connectivity index (χ4v) is 4.68. The maximum Gasteiger partial charge on any atom is 0.190 e. The summed E-state index contributed by atoms with van der Waals surface area (Å²) in [5, 5.41) is 4.51. The quantitative estimate of drug-likeness (QED) is 0.248. The van der Waals surface area contributed by atoms with Crippen LogP contribution >= 0.6 is 0 Å². The number of hydrogen-bond acceptors (Lipinski definition) is 4. The molecule has 0 aliphatic heterocycles. The van der Waals surface area contributed by atoms with Gasteiger partial charge in [0.25, 0.3) is 0 Å². The minimum absolute atomic E-state index is 0.0836. The van der Waals surface area contributed by atoms with Gasteiger partial charge in [0, 0.05) is 44.5 Å². The molecule has 2 heterocycles. The first kappa shape index (κ1) is 17.5. The molecule has 0 amide bonds. The van der Waals surface area contributed by atoms with Crippen LogP contribution in [-0.2, 0) is 0 Å². The van der Waals surface area contributed by atoms with Crippen molar-refractivity contribution >= 4 is 54.6 Å². The van der Waals surface area contributed by atoms with E-state index in [0.29, 0.717) is 33.1 Å². The van der Waals surface area contributed by atoms with Crippen LogP contribution in [0.3, 0.4) is 0 Å². The van der Waals surface area contributed by atoms with Gasteiger partial charge >= 0.3 is 0 Å². The fourth-order valence-electron chi connectivity index (χ4n) is 4.68. The summed E-state index contributed by atoms with van der Waals surface area (Å²) in [6.07, 6.45) is 0. The molecule has 0 fully saturated rings. The van der Waals surface area contributed by atoms with Crippen molar-refractivity contribution in [2.45, 2.75) is 39.5 Å². The van der Waals surface area contributed by atoms with Crippen LogP contribution in [0.5, 0.6) is 0 Å². The molecule has 0 saturated heterocycles. The minimum Gasteiger partial charge on any atom is -0.456 e. The molecule has 0 atom stereocenters. The number of benzene rings is 4. The van der Waals surface area contributed by atoms with Crippen molar-refractivity contribution in [3.8, 4) is 0 Å². The summed E-state index contributed by atoms with van der Waals surface area (Å²) in [4.78, 5) is 26.0. The van der Waals surface area contributed by atoms with Crippen LogP contribution in [0.2, 0.25) is 0 Å². The van der Waals surface area contributed by atoms with Crippen molar-refractivity contribution in [3.63, 3.8) is 0 Å². The zero-order valence-electron chi connectivity index (χ0n) is 17.3. The third-order valence-electron chi connectivity index (χ3n) is 6.32. The van der Waals surface area contributed by atoms with Gasteiger partial charge < -0.3 is 8.83 Å². The van der Waals surface area contributed by atoms with E-state index in [0.717, 1.165) is 32.7 Å². The van der Waals surface area contributed by atoms with Gasteiger partial charge in [-0.1, -0.05) is 27.7 Å². The summed E-state index contributed by atoms with van der Waals surface area (Å²) in [5.41, 5.74) is 4.18. The first-order chi connectivity index (χ1) is 14.3. The molecule has 0 unspecified atom stereocenters. The Morgan fingerprint density at radius 3 is 1.27 bits per heavy atom. The summed E-state index contributed by atoms with van der Waals surface area (Å²) in [7, 11) is 0. The molecule has 0 aliphatic rings. The highest BCUT2D eigenvalue weighted by molar-refractivity contribution is 6.31. The first-order valence-corrected chi connectivity index (χ1v) is 10.3. The van der Waals surface area contributed by atoms with Crippen LogP contribution in [0.4, 0.5) is 0 Å². The SMILES string of the molecule is CC(C)c1cc2oc3cc(=O)c4cc(C(C)C)cc5oc6cc(=O)c(c1)c2c6c3c54. The number of rotatable bonds is 2. The average molecular weight is 396 g/mol. The van der Waals surface area contributed by atoms with E-state index in [2.05, 4.69) is 27.7 Å². The highest BCUT2D eigenvalue weighted by Gasteiger charge is 2.23. The summed E-state index contributed by atoms with van der Waals surface area (Å²) in [5.74, 6) is 0.491. The standard InChI is InChI=1S/C26H20O4/c1-11(2)13-5-15-17(27)9-22-25-23(15)19(7-13)29-21-10-18(28)16-6-14(12(3)4)8-20(30-22)24(16)26(21)25/h5-12H,1-4H3. The molecule has 30 heavy (non-hydrogen) atoms. The van der Waals surface area contributed by atoms with E-state index in [1.807, 2.05) is 24.3 Å². The molecule has 0 spiro atoms. The highest BCUT2D eigenvalue weighted by atomic mass is 16.3. The first-order valence-electron chi connectivity index (χ1n) is 10.3. The van der Waals surface area contributed by atoms with Gasteiger partial charge in [-0.15, -0.1) is 0 Å². The summed E-state index contributed by atoms with van der Waals surface area (Å²) in [6, 6.07) is 11.0. The Kier molecular flexibility index (Phi) is 3.26. The molecule has 0 aliphatic carbocycles. The van der Waals surface area contributed by atoms with Crippen LogP contribution in [0.15, 0.2) is 54.8 Å². The maximum atomic E-state index is 13.0. The van der Waals surface area contributed by atoms with Crippen molar-refractivity contribution in [1.29, 1.82) is 0 Å². The van der Waals surface area contributed by atoms with Crippen molar-refractivity contribution < 1.29 is 8.83 Å². The lowest BCUT2D eigenvalue weighted by molar-refractivity contribution is 0.651. The van der Waals surface area contributed by atoms with Gasteiger partial charge in [0.1, 0.15) is 22.3 Å². The van der Waals surface area contributed by atoms with E-state index >= 15 is 0 Å². The van der Waals surface area contributed by atoms with Gasteiger partial charge in [-0.05, 0) is 47.2 Å². The normalized spacial score (nSPS) is 12.9. The fraction of sp³-hybridized carbons (Fsp3) is 0.231. The molecule has 2 aromatic heterocycles. The zero-order valence-corrected chi connectivity index (χ0v) is 17.3. The lowest BCUT2D eigenvalue weighted by Crippen LogP contribution is -2.06. The average Bonchev–Trinajstić information content (AvgIpc) is 2.70. The molecular formula is C26H20O4. The van der Waals surface area contributed by atoms with Gasteiger partial charge in [0.2, 0.25) is 0 Å². The molecule has 0 N–H and O–H groups in total. The van der Waals surface area contributed by atoms with Crippen molar-refractivity contribution in [3.05, 3.63) is 68.0 Å². The highest BCUT2D eigenvalue weighted by Crippen LogP contribution is 2.43. The van der Waals surface area contributed by atoms with Crippen LogP contribution in [0.1, 0.15) is 50.7 Å².